The van der Waals surface area contributed by atoms with Crippen molar-refractivity contribution in [3.63, 3.8) is 0 Å². The number of nitrogens with one attached hydrogen (secondary N) is 1. The summed E-state index contributed by atoms with van der Waals surface area (Å²) in [6.45, 7) is 3.60. The van der Waals surface area contributed by atoms with Gasteiger partial charge in [0.05, 0.1) is 29.2 Å². The van der Waals surface area contributed by atoms with Crippen molar-refractivity contribution in [2.24, 2.45) is 5.14 Å². The molecular weight excluding hydrogens is 322 g/mol. The molecule has 8 nitrogen and oxygen atoms in total. The number of carbonyl (C=O) groups is 1. The summed E-state index contributed by atoms with van der Waals surface area (Å²) < 4.78 is 28.6. The van der Waals surface area contributed by atoms with Crippen LogP contribution in [-0.2, 0) is 26.0 Å². The van der Waals surface area contributed by atoms with E-state index in [1.165, 1.54) is 28.9 Å². The molecule has 0 spiro atoms. The third-order valence-electron chi connectivity index (χ3n) is 3.24. The van der Waals surface area contributed by atoms with E-state index in [1.807, 2.05) is 0 Å². The van der Waals surface area contributed by atoms with Crippen LogP contribution in [0.5, 0.6) is 0 Å². The number of hydrogen-bond acceptors (Lipinski definition) is 5. The molecule has 0 saturated heterocycles. The quantitative estimate of drug-likeness (QED) is 0.754. The Bertz CT molecular complexity index is 878. The van der Waals surface area contributed by atoms with Crippen LogP contribution in [0, 0.1) is 6.92 Å². The van der Waals surface area contributed by atoms with Crippen molar-refractivity contribution in [1.82, 2.24) is 9.78 Å². The molecule has 2 aromatic rings. The summed E-state index contributed by atoms with van der Waals surface area (Å²) in [6, 6.07) is 5.51. The van der Waals surface area contributed by atoms with Gasteiger partial charge in [-0.05, 0) is 38.1 Å². The van der Waals surface area contributed by atoms with E-state index < -0.39 is 16.0 Å². The van der Waals surface area contributed by atoms with Crippen molar-refractivity contribution in [3.8, 4) is 5.69 Å². The first kappa shape index (κ1) is 17.0. The van der Waals surface area contributed by atoms with E-state index in [9.17, 15) is 18.0 Å². The predicted octanol–water partition coefficient (Wildman–Crippen LogP) is 0.227. The highest BCUT2D eigenvalue weighted by molar-refractivity contribution is 7.89. The van der Waals surface area contributed by atoms with Crippen molar-refractivity contribution in [3.05, 3.63) is 45.9 Å². The number of H-pyrrole nitrogens is 1. The summed E-state index contributed by atoms with van der Waals surface area (Å²) in [5.74, 6) is -0.483. The van der Waals surface area contributed by atoms with E-state index in [4.69, 9.17) is 9.88 Å². The maximum atomic E-state index is 12.4. The zero-order valence-corrected chi connectivity index (χ0v) is 13.5. The third kappa shape index (κ3) is 3.69. The molecule has 124 valence electrons. The molecule has 1 heterocycles. The van der Waals surface area contributed by atoms with Crippen LogP contribution in [0.25, 0.3) is 5.69 Å². The monoisotopic (exact) mass is 339 g/mol. The van der Waals surface area contributed by atoms with Crippen LogP contribution in [0.15, 0.2) is 34.0 Å². The second-order valence-corrected chi connectivity index (χ2v) is 6.44. The molecule has 1 aromatic heterocycles. The van der Waals surface area contributed by atoms with Gasteiger partial charge in [-0.1, -0.05) is 0 Å². The van der Waals surface area contributed by atoms with Crippen molar-refractivity contribution >= 4 is 16.0 Å². The molecular formula is C14H17N3O5S. The number of aromatic nitrogens is 2. The molecule has 23 heavy (non-hydrogen) atoms. The van der Waals surface area contributed by atoms with E-state index in [1.54, 1.807) is 13.8 Å². The number of aryl methyl sites for hydroxylation is 1. The predicted molar refractivity (Wildman–Crippen MR) is 82.8 cm³/mol. The van der Waals surface area contributed by atoms with Crippen molar-refractivity contribution in [2.75, 3.05) is 6.61 Å². The summed E-state index contributed by atoms with van der Waals surface area (Å²) >= 11 is 0. The minimum Gasteiger partial charge on any atom is -0.466 e. The summed E-state index contributed by atoms with van der Waals surface area (Å²) in [6.07, 6.45) is -0.128. The van der Waals surface area contributed by atoms with Gasteiger partial charge in [0.2, 0.25) is 10.0 Å². The number of nitrogens with two attached hydrogens (primary N) is 1. The van der Waals surface area contributed by atoms with Gasteiger partial charge in [0, 0.05) is 5.69 Å². The summed E-state index contributed by atoms with van der Waals surface area (Å²) in [4.78, 5) is 23.9. The molecule has 0 aliphatic heterocycles. The van der Waals surface area contributed by atoms with Crippen LogP contribution in [0.4, 0.5) is 0 Å². The summed E-state index contributed by atoms with van der Waals surface area (Å²) in [5.41, 5.74) is 0.886. The van der Waals surface area contributed by atoms with Crippen LogP contribution in [0.1, 0.15) is 18.2 Å². The van der Waals surface area contributed by atoms with E-state index in [0.29, 0.717) is 16.9 Å². The average molecular weight is 339 g/mol. The molecule has 0 aliphatic carbocycles. The number of esters is 1. The maximum absolute atomic E-state index is 12.4. The fourth-order valence-electron chi connectivity index (χ4n) is 2.11. The Morgan fingerprint density at radius 2 is 1.91 bits per heavy atom. The number of benzene rings is 1. The molecule has 0 saturated carbocycles. The van der Waals surface area contributed by atoms with Crippen LogP contribution in [0.2, 0.25) is 0 Å². The lowest BCUT2D eigenvalue weighted by Crippen LogP contribution is -2.20. The number of aromatic amines is 1. The van der Waals surface area contributed by atoms with Gasteiger partial charge in [0.1, 0.15) is 0 Å². The Labute approximate surface area is 132 Å². The Hall–Kier alpha value is -2.39. The van der Waals surface area contributed by atoms with Crippen LogP contribution < -0.4 is 10.7 Å². The zero-order valence-electron chi connectivity index (χ0n) is 12.7. The first-order valence-corrected chi connectivity index (χ1v) is 8.38. The van der Waals surface area contributed by atoms with Crippen LogP contribution in [0.3, 0.4) is 0 Å². The Morgan fingerprint density at radius 3 is 2.43 bits per heavy atom. The number of primary sulfonamides is 1. The van der Waals surface area contributed by atoms with Crippen molar-refractivity contribution < 1.29 is 17.9 Å². The highest BCUT2D eigenvalue weighted by atomic mass is 32.2. The fourth-order valence-corrected chi connectivity index (χ4v) is 2.63. The number of carbonyl (C=O) groups excluding carboxylic acids is 1. The average Bonchev–Trinajstić information content (AvgIpc) is 2.75. The van der Waals surface area contributed by atoms with Gasteiger partial charge in [0.25, 0.3) is 5.56 Å². The largest absolute Gasteiger partial charge is 0.466 e. The molecule has 0 atom stereocenters. The maximum Gasteiger partial charge on any atom is 0.310 e. The molecule has 9 heteroatoms. The molecule has 3 N–H and O–H groups in total. The standard InChI is InChI=1S/C14H17N3O5S/c1-3-22-13(18)8-12-9(2)16-17(14(12)19)10-4-6-11(7-5-10)23(15,20)21/h4-7,16H,3,8H2,1-2H3,(H2,15,20,21). The first-order chi connectivity index (χ1) is 10.7. The Morgan fingerprint density at radius 1 is 1.30 bits per heavy atom. The number of hydrogen-bond donors (Lipinski definition) is 2. The second-order valence-electron chi connectivity index (χ2n) is 4.88. The SMILES string of the molecule is CCOC(=O)Cc1c(C)[nH]n(-c2ccc(S(N)(=O)=O)cc2)c1=O. The van der Waals surface area contributed by atoms with Gasteiger partial charge < -0.3 is 4.74 Å². The van der Waals surface area contributed by atoms with Gasteiger partial charge in [-0.25, -0.2) is 18.2 Å². The summed E-state index contributed by atoms with van der Waals surface area (Å²) in [7, 11) is -3.80. The van der Waals surface area contributed by atoms with Gasteiger partial charge in [-0.3, -0.25) is 14.7 Å². The number of sulfonamides is 1. The Balaban J connectivity index is 2.38. The minimum absolute atomic E-state index is 0.0516. The topological polar surface area (TPSA) is 124 Å². The van der Waals surface area contributed by atoms with Crippen molar-refractivity contribution in [2.45, 2.75) is 25.2 Å². The number of rotatable bonds is 5. The second kappa shape index (κ2) is 6.39. The number of nitrogens with zero attached hydrogens (tertiary/aromatic N) is 1. The van der Waals surface area contributed by atoms with Crippen LogP contribution >= 0.6 is 0 Å². The van der Waals surface area contributed by atoms with Gasteiger partial charge in [0.15, 0.2) is 0 Å². The Kier molecular flexibility index (Phi) is 4.71. The molecule has 0 aliphatic rings. The zero-order chi connectivity index (χ0) is 17.2. The smallest absolute Gasteiger partial charge is 0.310 e. The lowest BCUT2D eigenvalue weighted by atomic mass is 10.2. The molecule has 1 aromatic carbocycles. The minimum atomic E-state index is -3.80. The lowest BCUT2D eigenvalue weighted by Gasteiger charge is -2.03. The summed E-state index contributed by atoms with van der Waals surface area (Å²) in [5, 5.41) is 7.88. The molecule has 2 rings (SSSR count). The van der Waals surface area contributed by atoms with Gasteiger partial charge in [-0.15, -0.1) is 0 Å². The van der Waals surface area contributed by atoms with Crippen LogP contribution in [-0.4, -0.2) is 30.8 Å². The molecule has 0 amide bonds. The van der Waals surface area contributed by atoms with E-state index >= 15 is 0 Å². The van der Waals surface area contributed by atoms with Gasteiger partial charge >= 0.3 is 5.97 Å². The molecule has 0 radical (unpaired) electrons. The van der Waals surface area contributed by atoms with E-state index in [2.05, 4.69) is 5.10 Å². The molecule has 0 unspecified atom stereocenters. The molecule has 0 fully saturated rings. The normalized spacial score (nSPS) is 11.4. The lowest BCUT2D eigenvalue weighted by molar-refractivity contribution is -0.142. The highest BCUT2D eigenvalue weighted by Crippen LogP contribution is 2.12. The first-order valence-electron chi connectivity index (χ1n) is 6.83. The highest BCUT2D eigenvalue weighted by Gasteiger charge is 2.17. The fraction of sp³-hybridized carbons (Fsp3) is 0.286. The third-order valence-corrected chi connectivity index (χ3v) is 4.17. The number of ether oxygens (including phenoxy) is 1. The van der Waals surface area contributed by atoms with Gasteiger partial charge in [-0.2, -0.15) is 0 Å². The van der Waals surface area contributed by atoms with E-state index in [-0.39, 0.29) is 23.5 Å². The van der Waals surface area contributed by atoms with E-state index in [0.717, 1.165) is 0 Å². The molecule has 0 bridgehead atoms. The van der Waals surface area contributed by atoms with Crippen molar-refractivity contribution in [1.29, 1.82) is 0 Å².